The van der Waals surface area contributed by atoms with E-state index in [0.717, 1.165) is 5.56 Å². The second kappa shape index (κ2) is 5.73. The summed E-state index contributed by atoms with van der Waals surface area (Å²) < 4.78 is 5.09. The summed E-state index contributed by atoms with van der Waals surface area (Å²) in [5.41, 5.74) is 1.76. The van der Waals surface area contributed by atoms with Gasteiger partial charge in [0.15, 0.2) is 0 Å². The van der Waals surface area contributed by atoms with Crippen molar-refractivity contribution >= 4 is 12.0 Å². The highest BCUT2D eigenvalue weighted by atomic mass is 16.5. The van der Waals surface area contributed by atoms with Crippen LogP contribution in [0.2, 0.25) is 0 Å². The maximum absolute atomic E-state index is 12.2. The smallest absolute Gasteiger partial charge is 0.338 e. The van der Waals surface area contributed by atoms with Crippen LogP contribution in [0.4, 0.5) is 4.79 Å². The third-order valence-electron chi connectivity index (χ3n) is 3.27. The first-order chi connectivity index (χ1) is 9.56. The SMILES string of the molecule is CCOC(=O)C1=C(C)N(C)C(=O)N[C@H]1c1cccnc1. The fraction of sp³-hybridized carbons (Fsp3) is 0.357. The van der Waals surface area contributed by atoms with Gasteiger partial charge in [-0.2, -0.15) is 0 Å². The first kappa shape index (κ1) is 14.0. The Bertz CT molecular complexity index is 554. The number of carbonyl (C=O) groups is 2. The Morgan fingerprint density at radius 3 is 2.90 bits per heavy atom. The molecule has 0 aliphatic carbocycles. The van der Waals surface area contributed by atoms with Gasteiger partial charge in [-0.05, 0) is 25.5 Å². The van der Waals surface area contributed by atoms with E-state index in [1.165, 1.54) is 4.90 Å². The summed E-state index contributed by atoms with van der Waals surface area (Å²) >= 11 is 0. The number of allylic oxidation sites excluding steroid dienone is 1. The third kappa shape index (κ3) is 2.49. The van der Waals surface area contributed by atoms with E-state index < -0.39 is 12.0 Å². The average molecular weight is 275 g/mol. The molecule has 0 saturated heterocycles. The standard InChI is InChI=1S/C14H17N3O3/c1-4-20-13(18)11-9(2)17(3)14(19)16-12(11)10-6-5-7-15-8-10/h5-8,12H,4H2,1-3H3,(H,16,19)/t12-/m0/s1. The zero-order valence-electron chi connectivity index (χ0n) is 11.7. The van der Waals surface area contributed by atoms with Crippen molar-refractivity contribution < 1.29 is 14.3 Å². The predicted octanol–water partition coefficient (Wildman–Crippen LogP) is 1.61. The van der Waals surface area contributed by atoms with E-state index in [9.17, 15) is 9.59 Å². The fourth-order valence-corrected chi connectivity index (χ4v) is 2.11. The minimum atomic E-state index is -0.536. The van der Waals surface area contributed by atoms with Crippen molar-refractivity contribution in [2.45, 2.75) is 19.9 Å². The number of nitrogens with one attached hydrogen (secondary N) is 1. The summed E-state index contributed by atoms with van der Waals surface area (Å²) in [5.74, 6) is -0.425. The van der Waals surface area contributed by atoms with E-state index in [0.29, 0.717) is 11.3 Å². The quantitative estimate of drug-likeness (QED) is 0.851. The molecule has 1 N–H and O–H groups in total. The highest BCUT2D eigenvalue weighted by Gasteiger charge is 2.34. The first-order valence-corrected chi connectivity index (χ1v) is 6.38. The maximum atomic E-state index is 12.2. The Kier molecular flexibility index (Phi) is 4.02. The number of urea groups is 1. The molecule has 0 bridgehead atoms. The number of pyridine rings is 1. The lowest BCUT2D eigenvalue weighted by Crippen LogP contribution is -2.46. The van der Waals surface area contributed by atoms with Crippen molar-refractivity contribution in [3.05, 3.63) is 41.4 Å². The third-order valence-corrected chi connectivity index (χ3v) is 3.27. The fourth-order valence-electron chi connectivity index (χ4n) is 2.11. The molecule has 1 aromatic rings. The molecular weight excluding hydrogens is 258 g/mol. The summed E-state index contributed by atoms with van der Waals surface area (Å²) in [5, 5.41) is 2.79. The molecule has 0 spiro atoms. The molecule has 2 heterocycles. The second-order valence-electron chi connectivity index (χ2n) is 4.45. The molecule has 20 heavy (non-hydrogen) atoms. The Labute approximate surface area is 117 Å². The van der Waals surface area contributed by atoms with Crippen molar-refractivity contribution in [3.63, 3.8) is 0 Å². The highest BCUT2D eigenvalue weighted by molar-refractivity contribution is 5.94. The van der Waals surface area contributed by atoms with Gasteiger partial charge in [0.25, 0.3) is 0 Å². The zero-order chi connectivity index (χ0) is 14.7. The molecule has 0 radical (unpaired) electrons. The Balaban J connectivity index is 2.48. The zero-order valence-corrected chi connectivity index (χ0v) is 11.7. The van der Waals surface area contributed by atoms with Crippen LogP contribution >= 0.6 is 0 Å². The number of carbonyl (C=O) groups excluding carboxylic acids is 2. The molecule has 1 aromatic heterocycles. The number of hydrogen-bond donors (Lipinski definition) is 1. The van der Waals surface area contributed by atoms with Gasteiger partial charge in [-0.15, -0.1) is 0 Å². The monoisotopic (exact) mass is 275 g/mol. The van der Waals surface area contributed by atoms with E-state index in [-0.39, 0.29) is 12.6 Å². The van der Waals surface area contributed by atoms with Gasteiger partial charge in [0.2, 0.25) is 0 Å². The summed E-state index contributed by atoms with van der Waals surface area (Å²) in [4.78, 5) is 29.5. The van der Waals surface area contributed by atoms with E-state index in [1.807, 2.05) is 6.07 Å². The van der Waals surface area contributed by atoms with Crippen LogP contribution in [0.15, 0.2) is 35.8 Å². The molecule has 2 amide bonds. The van der Waals surface area contributed by atoms with Gasteiger partial charge in [0, 0.05) is 25.1 Å². The molecule has 0 unspecified atom stereocenters. The maximum Gasteiger partial charge on any atom is 0.338 e. The normalized spacial score (nSPS) is 18.9. The molecular formula is C14H17N3O3. The van der Waals surface area contributed by atoms with E-state index >= 15 is 0 Å². The van der Waals surface area contributed by atoms with Gasteiger partial charge in [-0.25, -0.2) is 9.59 Å². The van der Waals surface area contributed by atoms with Crippen molar-refractivity contribution in [2.24, 2.45) is 0 Å². The molecule has 1 aliphatic rings. The van der Waals surface area contributed by atoms with Crippen molar-refractivity contribution in [1.29, 1.82) is 0 Å². The summed E-state index contributed by atoms with van der Waals surface area (Å²) in [6.07, 6.45) is 3.27. The van der Waals surface area contributed by atoms with E-state index in [4.69, 9.17) is 4.74 Å². The lowest BCUT2D eigenvalue weighted by molar-refractivity contribution is -0.139. The number of ether oxygens (including phenoxy) is 1. The predicted molar refractivity (Wildman–Crippen MR) is 72.6 cm³/mol. The van der Waals surface area contributed by atoms with E-state index in [2.05, 4.69) is 10.3 Å². The van der Waals surface area contributed by atoms with Crippen LogP contribution in [0.3, 0.4) is 0 Å². The van der Waals surface area contributed by atoms with Crippen LogP contribution in [-0.2, 0) is 9.53 Å². The number of hydrogen-bond acceptors (Lipinski definition) is 4. The van der Waals surface area contributed by atoms with Crippen molar-refractivity contribution in [1.82, 2.24) is 15.2 Å². The number of rotatable bonds is 3. The van der Waals surface area contributed by atoms with Crippen LogP contribution in [-0.4, -0.2) is 35.5 Å². The minimum Gasteiger partial charge on any atom is -0.463 e. The van der Waals surface area contributed by atoms with Crippen LogP contribution in [0, 0.1) is 0 Å². The minimum absolute atomic E-state index is 0.260. The number of aromatic nitrogens is 1. The molecule has 0 aromatic carbocycles. The topological polar surface area (TPSA) is 71.5 Å². The summed E-state index contributed by atoms with van der Waals surface area (Å²) in [6.45, 7) is 3.76. The first-order valence-electron chi connectivity index (χ1n) is 6.38. The average Bonchev–Trinajstić information content (AvgIpc) is 2.45. The van der Waals surface area contributed by atoms with Crippen LogP contribution < -0.4 is 5.32 Å². The van der Waals surface area contributed by atoms with Crippen LogP contribution in [0.5, 0.6) is 0 Å². The molecule has 0 fully saturated rings. The molecule has 106 valence electrons. The van der Waals surface area contributed by atoms with Gasteiger partial charge in [-0.3, -0.25) is 4.98 Å². The second-order valence-corrected chi connectivity index (χ2v) is 4.45. The molecule has 0 saturated carbocycles. The van der Waals surface area contributed by atoms with Crippen molar-refractivity contribution in [2.75, 3.05) is 13.7 Å². The number of amides is 2. The van der Waals surface area contributed by atoms with Gasteiger partial charge in [0.05, 0.1) is 18.2 Å². The van der Waals surface area contributed by atoms with Gasteiger partial charge in [0.1, 0.15) is 0 Å². The van der Waals surface area contributed by atoms with Gasteiger partial charge >= 0.3 is 12.0 Å². The van der Waals surface area contributed by atoms with Crippen LogP contribution in [0.25, 0.3) is 0 Å². The Morgan fingerprint density at radius 1 is 1.55 bits per heavy atom. The molecule has 6 heteroatoms. The lowest BCUT2D eigenvalue weighted by Gasteiger charge is -2.33. The molecule has 2 rings (SSSR count). The number of esters is 1. The largest absolute Gasteiger partial charge is 0.463 e. The van der Waals surface area contributed by atoms with Gasteiger partial charge < -0.3 is 15.0 Å². The van der Waals surface area contributed by atoms with E-state index in [1.54, 1.807) is 39.4 Å². The summed E-state index contributed by atoms with van der Waals surface area (Å²) in [7, 11) is 1.61. The number of nitrogens with zero attached hydrogens (tertiary/aromatic N) is 2. The lowest BCUT2D eigenvalue weighted by atomic mass is 9.96. The Morgan fingerprint density at radius 2 is 2.30 bits per heavy atom. The van der Waals surface area contributed by atoms with Crippen LogP contribution in [0.1, 0.15) is 25.5 Å². The molecule has 1 aliphatic heterocycles. The summed E-state index contributed by atoms with van der Waals surface area (Å²) in [6, 6.07) is 2.78. The molecule has 6 nitrogen and oxygen atoms in total. The van der Waals surface area contributed by atoms with Crippen molar-refractivity contribution in [3.8, 4) is 0 Å². The highest BCUT2D eigenvalue weighted by Crippen LogP contribution is 2.29. The Hall–Kier alpha value is -2.37. The molecule has 1 atom stereocenters. The van der Waals surface area contributed by atoms with Gasteiger partial charge in [-0.1, -0.05) is 6.07 Å².